The Bertz CT molecular complexity index is 438. The highest BCUT2D eigenvalue weighted by molar-refractivity contribution is 5.79. The average molecular weight is 319 g/mol. The zero-order valence-corrected chi connectivity index (χ0v) is 15.2. The molecule has 0 saturated heterocycles. The molecule has 1 aromatic rings. The second kappa shape index (κ2) is 10.4. The van der Waals surface area contributed by atoms with Crippen LogP contribution in [0.1, 0.15) is 71.0 Å². The van der Waals surface area contributed by atoms with Crippen LogP contribution < -0.4 is 0 Å². The lowest BCUT2D eigenvalue weighted by molar-refractivity contribution is -0.138. The lowest BCUT2D eigenvalue weighted by Crippen LogP contribution is -2.42. The number of carbonyl (C=O) groups excluding carboxylic acids is 1. The van der Waals surface area contributed by atoms with Crippen molar-refractivity contribution >= 4 is 5.91 Å². The Morgan fingerprint density at radius 1 is 1.09 bits per heavy atom. The van der Waals surface area contributed by atoms with E-state index in [9.17, 15) is 9.90 Å². The predicted molar refractivity (Wildman–Crippen MR) is 96.2 cm³/mol. The van der Waals surface area contributed by atoms with Crippen LogP contribution in [0.5, 0.6) is 0 Å². The Balaban J connectivity index is 2.74. The number of hydrogen-bond donors (Lipinski definition) is 1. The normalized spacial score (nSPS) is 13.8. The maximum absolute atomic E-state index is 12.8. The molecule has 0 aromatic heterocycles. The number of carbonyl (C=O) groups is 1. The fourth-order valence-corrected chi connectivity index (χ4v) is 2.92. The Kier molecular flexibility index (Phi) is 8.93. The molecule has 0 aliphatic carbocycles. The van der Waals surface area contributed by atoms with Gasteiger partial charge in [0, 0.05) is 13.0 Å². The zero-order valence-electron chi connectivity index (χ0n) is 15.2. The number of hydrogen-bond acceptors (Lipinski definition) is 2. The van der Waals surface area contributed by atoms with Crippen molar-refractivity contribution in [3.05, 3.63) is 35.9 Å². The molecule has 0 heterocycles. The summed E-state index contributed by atoms with van der Waals surface area (Å²) in [6, 6.07) is 9.35. The molecule has 2 atom stereocenters. The summed E-state index contributed by atoms with van der Waals surface area (Å²) in [4.78, 5) is 14.6. The van der Waals surface area contributed by atoms with E-state index >= 15 is 0 Å². The maximum atomic E-state index is 12.8. The van der Waals surface area contributed by atoms with Crippen LogP contribution in [-0.4, -0.2) is 29.0 Å². The molecule has 0 aliphatic rings. The molecule has 1 rings (SSSR count). The number of benzene rings is 1. The van der Waals surface area contributed by atoms with Gasteiger partial charge in [0.05, 0.1) is 12.1 Å². The SMILES string of the molecule is CCCCC(CCCC)C(=O)N(C)[C@@H](C)[C@@H](O)c1ccccc1. The van der Waals surface area contributed by atoms with Crippen molar-refractivity contribution in [1.29, 1.82) is 0 Å². The molecule has 1 N–H and O–H groups in total. The van der Waals surface area contributed by atoms with Crippen molar-refractivity contribution in [3.8, 4) is 0 Å². The van der Waals surface area contributed by atoms with E-state index in [1.54, 1.807) is 4.90 Å². The molecule has 3 heteroatoms. The first-order valence-electron chi connectivity index (χ1n) is 9.02. The lowest BCUT2D eigenvalue weighted by Gasteiger charge is -2.32. The number of aliphatic hydroxyl groups excluding tert-OH is 1. The number of nitrogens with zero attached hydrogens (tertiary/aromatic N) is 1. The van der Waals surface area contributed by atoms with Crippen molar-refractivity contribution < 1.29 is 9.90 Å². The Morgan fingerprint density at radius 2 is 1.61 bits per heavy atom. The van der Waals surface area contributed by atoms with Gasteiger partial charge in [-0.1, -0.05) is 69.9 Å². The highest BCUT2D eigenvalue weighted by Crippen LogP contribution is 2.24. The first-order valence-corrected chi connectivity index (χ1v) is 9.02. The summed E-state index contributed by atoms with van der Waals surface area (Å²) >= 11 is 0. The first kappa shape index (κ1) is 19.7. The second-order valence-corrected chi connectivity index (χ2v) is 6.53. The molecule has 0 saturated carbocycles. The summed E-state index contributed by atoms with van der Waals surface area (Å²) in [5.41, 5.74) is 0.860. The van der Waals surface area contributed by atoms with Crippen LogP contribution in [0.25, 0.3) is 0 Å². The zero-order chi connectivity index (χ0) is 17.2. The lowest BCUT2D eigenvalue weighted by atomic mass is 9.93. The molecular formula is C20H33NO2. The maximum Gasteiger partial charge on any atom is 0.225 e. The van der Waals surface area contributed by atoms with E-state index in [1.165, 1.54) is 0 Å². The summed E-state index contributed by atoms with van der Waals surface area (Å²) in [6.07, 6.45) is 5.65. The molecule has 3 nitrogen and oxygen atoms in total. The van der Waals surface area contributed by atoms with E-state index in [4.69, 9.17) is 0 Å². The first-order chi connectivity index (χ1) is 11.0. The minimum atomic E-state index is -0.650. The van der Waals surface area contributed by atoms with Gasteiger partial charge >= 0.3 is 0 Å². The van der Waals surface area contributed by atoms with E-state index in [0.29, 0.717) is 0 Å². The van der Waals surface area contributed by atoms with Gasteiger partial charge in [-0.2, -0.15) is 0 Å². The van der Waals surface area contributed by atoms with Gasteiger partial charge in [-0.15, -0.1) is 0 Å². The molecular weight excluding hydrogens is 286 g/mol. The number of likely N-dealkylation sites (N-methyl/N-ethyl adjacent to an activating group) is 1. The molecule has 1 aromatic carbocycles. The van der Waals surface area contributed by atoms with E-state index in [0.717, 1.165) is 44.1 Å². The summed E-state index contributed by atoms with van der Waals surface area (Å²) in [5, 5.41) is 10.5. The third-order valence-electron chi connectivity index (χ3n) is 4.72. The van der Waals surface area contributed by atoms with E-state index in [2.05, 4.69) is 13.8 Å². The monoisotopic (exact) mass is 319 g/mol. The van der Waals surface area contributed by atoms with Crippen molar-refractivity contribution in [2.75, 3.05) is 7.05 Å². The summed E-state index contributed by atoms with van der Waals surface area (Å²) < 4.78 is 0. The van der Waals surface area contributed by atoms with E-state index in [-0.39, 0.29) is 17.9 Å². The van der Waals surface area contributed by atoms with Gasteiger partial charge in [-0.25, -0.2) is 0 Å². The second-order valence-electron chi connectivity index (χ2n) is 6.53. The van der Waals surface area contributed by atoms with Crippen molar-refractivity contribution in [2.45, 2.75) is 71.4 Å². The van der Waals surface area contributed by atoms with Crippen LogP contribution in [0.3, 0.4) is 0 Å². The Hall–Kier alpha value is -1.35. The summed E-state index contributed by atoms with van der Waals surface area (Å²) in [6.45, 7) is 6.24. The van der Waals surface area contributed by atoms with Gasteiger partial charge < -0.3 is 10.0 Å². The van der Waals surface area contributed by atoms with Crippen molar-refractivity contribution in [1.82, 2.24) is 4.90 Å². The number of unbranched alkanes of at least 4 members (excludes halogenated alkanes) is 2. The molecule has 23 heavy (non-hydrogen) atoms. The molecule has 0 bridgehead atoms. The largest absolute Gasteiger partial charge is 0.386 e. The van der Waals surface area contributed by atoms with Crippen molar-refractivity contribution in [3.63, 3.8) is 0 Å². The van der Waals surface area contributed by atoms with Gasteiger partial charge in [-0.3, -0.25) is 4.79 Å². The fourth-order valence-electron chi connectivity index (χ4n) is 2.92. The van der Waals surface area contributed by atoms with Crippen molar-refractivity contribution in [2.24, 2.45) is 5.92 Å². The Labute approximate surface area is 141 Å². The summed E-state index contributed by atoms with van der Waals surface area (Å²) in [7, 11) is 1.82. The van der Waals surface area contributed by atoms with Crippen LogP contribution in [0.15, 0.2) is 30.3 Å². The van der Waals surface area contributed by atoms with E-state index in [1.807, 2.05) is 44.3 Å². The molecule has 0 radical (unpaired) electrons. The third kappa shape index (κ3) is 5.98. The highest BCUT2D eigenvalue weighted by Gasteiger charge is 2.28. The van der Waals surface area contributed by atoms with Crippen LogP contribution in [0.2, 0.25) is 0 Å². The van der Waals surface area contributed by atoms with Gasteiger partial charge in [0.15, 0.2) is 0 Å². The van der Waals surface area contributed by atoms with E-state index < -0.39 is 6.10 Å². The van der Waals surface area contributed by atoms with Gasteiger partial charge in [-0.05, 0) is 25.3 Å². The topological polar surface area (TPSA) is 40.5 Å². The number of aliphatic hydroxyl groups is 1. The van der Waals surface area contributed by atoms with Gasteiger partial charge in [0.2, 0.25) is 5.91 Å². The van der Waals surface area contributed by atoms with Gasteiger partial charge in [0.1, 0.15) is 0 Å². The van der Waals surface area contributed by atoms with Crippen LogP contribution in [0.4, 0.5) is 0 Å². The highest BCUT2D eigenvalue weighted by atomic mass is 16.3. The van der Waals surface area contributed by atoms with Crippen LogP contribution >= 0.6 is 0 Å². The van der Waals surface area contributed by atoms with Crippen LogP contribution in [-0.2, 0) is 4.79 Å². The molecule has 0 fully saturated rings. The predicted octanol–water partition coefficient (Wildman–Crippen LogP) is 4.56. The molecule has 0 unspecified atom stereocenters. The minimum Gasteiger partial charge on any atom is -0.386 e. The molecule has 130 valence electrons. The third-order valence-corrected chi connectivity index (χ3v) is 4.72. The Morgan fingerprint density at radius 3 is 2.09 bits per heavy atom. The minimum absolute atomic E-state index is 0.0883. The summed E-state index contributed by atoms with van der Waals surface area (Å²) in [5.74, 6) is 0.264. The quantitative estimate of drug-likeness (QED) is 0.686. The number of amides is 1. The average Bonchev–Trinajstić information content (AvgIpc) is 2.60. The fraction of sp³-hybridized carbons (Fsp3) is 0.650. The van der Waals surface area contributed by atoms with Crippen LogP contribution in [0, 0.1) is 5.92 Å². The molecule has 0 spiro atoms. The molecule has 1 amide bonds. The van der Waals surface area contributed by atoms with Gasteiger partial charge in [0.25, 0.3) is 0 Å². The molecule has 0 aliphatic heterocycles. The number of rotatable bonds is 10. The smallest absolute Gasteiger partial charge is 0.225 e. The standard InChI is InChI=1S/C20H33NO2/c1-5-7-12-18(13-8-6-2)20(23)21(4)16(3)19(22)17-14-10-9-11-15-17/h9-11,14-16,18-19,22H,5-8,12-13H2,1-4H3/t16-,19+/m0/s1.